The van der Waals surface area contributed by atoms with Gasteiger partial charge < -0.3 is 15.0 Å². The van der Waals surface area contributed by atoms with Gasteiger partial charge in [-0.15, -0.1) is 0 Å². The smallest absolute Gasteiger partial charge is 0.464 e. The predicted molar refractivity (Wildman–Crippen MR) is 78.8 cm³/mol. The molecule has 2 rings (SSSR count). The summed E-state index contributed by atoms with van der Waals surface area (Å²) in [4.78, 5) is 14.8. The summed E-state index contributed by atoms with van der Waals surface area (Å²) in [5, 5.41) is 4.37. The normalized spacial score (nSPS) is 12.1. The number of nitrogens with two attached hydrogens (primary N) is 2. The third-order valence-corrected chi connectivity index (χ3v) is 3.10. The van der Waals surface area contributed by atoms with Gasteiger partial charge in [-0.2, -0.15) is 18.2 Å². The van der Waals surface area contributed by atoms with Gasteiger partial charge in [0.25, 0.3) is 0 Å². The molecule has 0 aliphatic carbocycles. The standard InChI is InChI=1S/C14H14F3N5O3/c1-24-12(23)10(6-18)22(19)7-8-2-4-9(5-3-8)11-20-13(25-21-11)14(15,16)17/h2-6H,7,18-19H2,1H3/b10-6-. The highest BCUT2D eigenvalue weighted by atomic mass is 19.4. The second kappa shape index (κ2) is 7.21. The van der Waals surface area contributed by atoms with Gasteiger partial charge in [-0.3, -0.25) is 5.01 Å². The van der Waals surface area contributed by atoms with Crippen LogP contribution in [0.3, 0.4) is 0 Å². The van der Waals surface area contributed by atoms with Crippen LogP contribution in [-0.4, -0.2) is 28.2 Å². The summed E-state index contributed by atoms with van der Waals surface area (Å²) in [7, 11) is 1.19. The summed E-state index contributed by atoms with van der Waals surface area (Å²) in [6.45, 7) is 0.110. The van der Waals surface area contributed by atoms with E-state index in [1.54, 1.807) is 12.1 Å². The Hall–Kier alpha value is -3.08. The number of carbonyl (C=O) groups is 1. The fraction of sp³-hybridized carbons (Fsp3) is 0.214. The van der Waals surface area contributed by atoms with E-state index in [-0.39, 0.29) is 18.1 Å². The van der Waals surface area contributed by atoms with Crippen LogP contribution in [-0.2, 0) is 22.3 Å². The molecule has 11 heteroatoms. The molecule has 0 aliphatic rings. The predicted octanol–water partition coefficient (Wildman–Crippen LogP) is 1.40. The molecule has 2 aromatic rings. The molecular formula is C14H14F3N5O3. The molecule has 0 aliphatic heterocycles. The largest absolute Gasteiger partial charge is 0.471 e. The minimum Gasteiger partial charge on any atom is -0.464 e. The lowest BCUT2D eigenvalue weighted by Gasteiger charge is -2.19. The Kier molecular flexibility index (Phi) is 5.27. The lowest BCUT2D eigenvalue weighted by atomic mass is 10.1. The van der Waals surface area contributed by atoms with E-state index in [9.17, 15) is 18.0 Å². The lowest BCUT2D eigenvalue weighted by Crippen LogP contribution is -2.34. The van der Waals surface area contributed by atoms with Crippen LogP contribution in [0.4, 0.5) is 13.2 Å². The van der Waals surface area contributed by atoms with Gasteiger partial charge in [-0.05, 0) is 5.56 Å². The van der Waals surface area contributed by atoms with E-state index in [0.717, 1.165) is 11.2 Å². The van der Waals surface area contributed by atoms with Crippen molar-refractivity contribution in [3.63, 3.8) is 0 Å². The minimum absolute atomic E-state index is 0.0421. The van der Waals surface area contributed by atoms with Crippen molar-refractivity contribution in [1.82, 2.24) is 15.1 Å². The van der Waals surface area contributed by atoms with Gasteiger partial charge in [0.2, 0.25) is 5.82 Å². The summed E-state index contributed by atoms with van der Waals surface area (Å²) in [5.74, 6) is 3.44. The molecule has 0 unspecified atom stereocenters. The Morgan fingerprint density at radius 2 is 2.00 bits per heavy atom. The molecule has 0 bridgehead atoms. The third kappa shape index (κ3) is 4.26. The zero-order chi connectivity index (χ0) is 18.6. The first-order valence-corrected chi connectivity index (χ1v) is 6.79. The van der Waals surface area contributed by atoms with Crippen LogP contribution in [0.25, 0.3) is 11.4 Å². The maximum atomic E-state index is 12.5. The number of hydrogen-bond acceptors (Lipinski definition) is 8. The number of benzene rings is 1. The van der Waals surface area contributed by atoms with Crippen molar-refractivity contribution in [2.45, 2.75) is 12.7 Å². The second-order valence-electron chi connectivity index (χ2n) is 4.79. The van der Waals surface area contributed by atoms with Crippen LogP contribution in [0, 0.1) is 0 Å². The Morgan fingerprint density at radius 3 is 2.48 bits per heavy atom. The number of nitrogens with zero attached hydrogens (tertiary/aromatic N) is 3. The van der Waals surface area contributed by atoms with Crippen molar-refractivity contribution >= 4 is 5.97 Å². The highest BCUT2D eigenvalue weighted by Gasteiger charge is 2.38. The molecule has 1 aromatic heterocycles. The molecule has 8 nitrogen and oxygen atoms in total. The van der Waals surface area contributed by atoms with E-state index in [4.69, 9.17) is 11.6 Å². The van der Waals surface area contributed by atoms with Crippen molar-refractivity contribution in [2.24, 2.45) is 11.6 Å². The highest BCUT2D eigenvalue weighted by molar-refractivity contribution is 5.87. The van der Waals surface area contributed by atoms with Crippen LogP contribution in [0.5, 0.6) is 0 Å². The number of alkyl halides is 3. The van der Waals surface area contributed by atoms with Gasteiger partial charge in [0.15, 0.2) is 5.70 Å². The van der Waals surface area contributed by atoms with Gasteiger partial charge in [0.1, 0.15) is 0 Å². The van der Waals surface area contributed by atoms with Crippen LogP contribution in [0.1, 0.15) is 11.5 Å². The van der Waals surface area contributed by atoms with Gasteiger partial charge >= 0.3 is 18.0 Å². The van der Waals surface area contributed by atoms with Gasteiger partial charge in [0, 0.05) is 11.8 Å². The number of ether oxygens (including phenoxy) is 1. The lowest BCUT2D eigenvalue weighted by molar-refractivity contribution is -0.159. The van der Waals surface area contributed by atoms with Crippen molar-refractivity contribution < 1.29 is 27.2 Å². The van der Waals surface area contributed by atoms with Crippen molar-refractivity contribution in [1.29, 1.82) is 0 Å². The maximum Gasteiger partial charge on any atom is 0.471 e. The van der Waals surface area contributed by atoms with Crippen molar-refractivity contribution in [2.75, 3.05) is 7.11 Å². The molecule has 0 saturated heterocycles. The number of halogens is 3. The number of esters is 1. The summed E-state index contributed by atoms with van der Waals surface area (Å²) < 4.78 is 46.1. The number of rotatable bonds is 5. The van der Waals surface area contributed by atoms with Crippen LogP contribution >= 0.6 is 0 Å². The van der Waals surface area contributed by atoms with E-state index in [0.29, 0.717) is 11.1 Å². The van der Waals surface area contributed by atoms with E-state index in [1.807, 2.05) is 0 Å². The summed E-state index contributed by atoms with van der Waals surface area (Å²) >= 11 is 0. The quantitative estimate of drug-likeness (QED) is 0.357. The zero-order valence-corrected chi connectivity index (χ0v) is 12.9. The molecule has 0 spiro atoms. The van der Waals surface area contributed by atoms with Crippen LogP contribution in [0.2, 0.25) is 0 Å². The topological polar surface area (TPSA) is 120 Å². The van der Waals surface area contributed by atoms with Gasteiger partial charge in [-0.25, -0.2) is 10.6 Å². The Bertz CT molecular complexity index is 771. The molecular weight excluding hydrogens is 343 g/mol. The second-order valence-corrected chi connectivity index (χ2v) is 4.79. The summed E-state index contributed by atoms with van der Waals surface area (Å²) in [5.41, 5.74) is 6.28. The van der Waals surface area contributed by atoms with Crippen LogP contribution in [0.15, 0.2) is 40.7 Å². The first-order valence-electron chi connectivity index (χ1n) is 6.79. The third-order valence-electron chi connectivity index (χ3n) is 3.10. The Morgan fingerprint density at radius 1 is 1.36 bits per heavy atom. The molecule has 1 heterocycles. The zero-order valence-electron chi connectivity index (χ0n) is 12.9. The average Bonchev–Trinajstić information content (AvgIpc) is 3.06. The fourth-order valence-electron chi connectivity index (χ4n) is 1.88. The van der Waals surface area contributed by atoms with Crippen molar-refractivity contribution in [3.8, 4) is 11.4 Å². The molecule has 0 atom stereocenters. The summed E-state index contributed by atoms with van der Waals surface area (Å²) in [6, 6.07) is 6.17. The average molecular weight is 357 g/mol. The number of hydrazine groups is 1. The summed E-state index contributed by atoms with van der Waals surface area (Å²) in [6.07, 6.45) is -3.69. The number of aromatic nitrogens is 2. The maximum absolute atomic E-state index is 12.5. The number of hydrogen-bond donors (Lipinski definition) is 2. The fourth-order valence-corrected chi connectivity index (χ4v) is 1.88. The minimum atomic E-state index is -4.70. The first-order chi connectivity index (χ1) is 11.8. The number of carbonyl (C=O) groups excluding carboxylic acids is 1. The highest BCUT2D eigenvalue weighted by Crippen LogP contribution is 2.29. The van der Waals surface area contributed by atoms with E-state index < -0.39 is 18.0 Å². The van der Waals surface area contributed by atoms with E-state index >= 15 is 0 Å². The molecule has 0 fully saturated rings. The Labute approximate surface area is 139 Å². The van der Waals surface area contributed by atoms with E-state index in [1.165, 1.54) is 19.2 Å². The number of methoxy groups -OCH3 is 1. The molecule has 1 aromatic carbocycles. The Balaban J connectivity index is 2.12. The molecule has 134 valence electrons. The van der Waals surface area contributed by atoms with E-state index in [2.05, 4.69) is 19.4 Å². The molecule has 25 heavy (non-hydrogen) atoms. The molecule has 0 amide bonds. The molecule has 4 N–H and O–H groups in total. The van der Waals surface area contributed by atoms with Gasteiger partial charge in [-0.1, -0.05) is 29.4 Å². The first kappa shape index (κ1) is 18.3. The van der Waals surface area contributed by atoms with Crippen molar-refractivity contribution in [3.05, 3.63) is 47.6 Å². The monoisotopic (exact) mass is 357 g/mol. The molecule has 0 radical (unpaired) electrons. The van der Waals surface area contributed by atoms with Crippen LogP contribution < -0.4 is 11.6 Å². The SMILES string of the molecule is COC(=O)/C(=C/N)N(N)Cc1ccc(-c2noc(C(F)(F)F)n2)cc1. The van der Waals surface area contributed by atoms with Gasteiger partial charge in [0.05, 0.1) is 13.7 Å². The molecule has 0 saturated carbocycles.